The van der Waals surface area contributed by atoms with E-state index in [9.17, 15) is 33.9 Å². The maximum atomic E-state index is 12.3. The van der Waals surface area contributed by atoms with Gasteiger partial charge in [0.25, 0.3) is 0 Å². The SMILES string of the molecule is CCOC(=O)C(N)CCCC(NC(=O)CCC(NC(=O)C(C)NC(=O)CC)C(=O)OCC)C(=O)O. The fourth-order valence-electron chi connectivity index (χ4n) is 2.91. The summed E-state index contributed by atoms with van der Waals surface area (Å²) in [5.41, 5.74) is 5.69. The number of hydrogen-bond acceptors (Lipinski definition) is 9. The summed E-state index contributed by atoms with van der Waals surface area (Å²) >= 11 is 0. The zero-order valence-corrected chi connectivity index (χ0v) is 20.8. The number of carboxylic acids is 1. The molecule has 200 valence electrons. The van der Waals surface area contributed by atoms with Crippen molar-refractivity contribution in [1.82, 2.24) is 16.0 Å². The van der Waals surface area contributed by atoms with Crippen molar-refractivity contribution in [3.8, 4) is 0 Å². The second kappa shape index (κ2) is 17.2. The van der Waals surface area contributed by atoms with Gasteiger partial charge in [-0.25, -0.2) is 9.59 Å². The summed E-state index contributed by atoms with van der Waals surface area (Å²) in [5, 5.41) is 16.7. The molecule has 0 saturated carbocycles. The lowest BCUT2D eigenvalue weighted by atomic mass is 10.1. The smallest absolute Gasteiger partial charge is 0.328 e. The van der Waals surface area contributed by atoms with Crippen molar-refractivity contribution < 1.29 is 43.3 Å². The van der Waals surface area contributed by atoms with Crippen molar-refractivity contribution in [1.29, 1.82) is 0 Å². The van der Waals surface area contributed by atoms with E-state index in [0.717, 1.165) is 0 Å². The van der Waals surface area contributed by atoms with Gasteiger partial charge in [-0.1, -0.05) is 6.92 Å². The van der Waals surface area contributed by atoms with Crippen LogP contribution in [-0.2, 0) is 38.2 Å². The summed E-state index contributed by atoms with van der Waals surface area (Å²) in [5.74, 6) is -4.24. The van der Waals surface area contributed by atoms with Crippen LogP contribution in [-0.4, -0.2) is 78.1 Å². The van der Waals surface area contributed by atoms with Crippen LogP contribution < -0.4 is 21.7 Å². The standard InChI is InChI=1S/C22H38N4O9/c1-5-17(27)24-13(4)19(29)26-16(22(33)35-7-3)11-12-18(28)25-15(20(30)31)10-8-9-14(23)21(32)34-6-2/h13-16H,5-12,23H2,1-4H3,(H,24,27)(H,25,28)(H,26,29)(H,30,31). The fourth-order valence-corrected chi connectivity index (χ4v) is 2.91. The highest BCUT2D eigenvalue weighted by atomic mass is 16.5. The molecule has 13 nitrogen and oxygen atoms in total. The maximum absolute atomic E-state index is 12.3. The molecule has 0 bridgehead atoms. The predicted octanol–water partition coefficient (Wildman–Crippen LogP) is -0.641. The van der Waals surface area contributed by atoms with Crippen molar-refractivity contribution in [3.63, 3.8) is 0 Å². The van der Waals surface area contributed by atoms with Gasteiger partial charge in [0.2, 0.25) is 17.7 Å². The van der Waals surface area contributed by atoms with Crippen LogP contribution in [0.4, 0.5) is 0 Å². The van der Waals surface area contributed by atoms with Gasteiger partial charge in [-0.2, -0.15) is 0 Å². The molecular formula is C22H38N4O9. The maximum Gasteiger partial charge on any atom is 0.328 e. The van der Waals surface area contributed by atoms with Crippen molar-refractivity contribution >= 4 is 35.6 Å². The molecule has 0 fully saturated rings. The number of carbonyl (C=O) groups excluding carboxylic acids is 5. The molecular weight excluding hydrogens is 464 g/mol. The van der Waals surface area contributed by atoms with E-state index in [2.05, 4.69) is 16.0 Å². The summed E-state index contributed by atoms with van der Waals surface area (Å²) in [6, 6.07) is -4.19. The second-order valence-electron chi connectivity index (χ2n) is 7.74. The van der Waals surface area contributed by atoms with Gasteiger partial charge in [-0.05, 0) is 46.5 Å². The van der Waals surface area contributed by atoms with Gasteiger partial charge < -0.3 is 36.3 Å². The predicted molar refractivity (Wildman–Crippen MR) is 124 cm³/mol. The van der Waals surface area contributed by atoms with Crippen molar-refractivity contribution in [2.45, 2.75) is 90.4 Å². The van der Waals surface area contributed by atoms with E-state index in [1.807, 2.05) is 0 Å². The lowest BCUT2D eigenvalue weighted by molar-refractivity contribution is -0.148. The van der Waals surface area contributed by atoms with Crippen molar-refractivity contribution in [2.75, 3.05) is 13.2 Å². The van der Waals surface area contributed by atoms with Crippen LogP contribution in [0.5, 0.6) is 0 Å². The third kappa shape index (κ3) is 13.3. The first-order valence-corrected chi connectivity index (χ1v) is 11.7. The van der Waals surface area contributed by atoms with Gasteiger partial charge in [0, 0.05) is 12.8 Å². The van der Waals surface area contributed by atoms with Crippen molar-refractivity contribution in [2.24, 2.45) is 5.73 Å². The zero-order valence-electron chi connectivity index (χ0n) is 20.8. The number of esters is 2. The Morgan fingerprint density at radius 1 is 0.800 bits per heavy atom. The Balaban J connectivity index is 4.89. The Bertz CT molecular complexity index is 744. The Kier molecular flexibility index (Phi) is 15.7. The first-order valence-electron chi connectivity index (χ1n) is 11.7. The number of rotatable bonds is 17. The highest BCUT2D eigenvalue weighted by Gasteiger charge is 2.27. The normalized spacial score (nSPS) is 14.0. The van der Waals surface area contributed by atoms with E-state index in [0.29, 0.717) is 0 Å². The first-order chi connectivity index (χ1) is 16.5. The summed E-state index contributed by atoms with van der Waals surface area (Å²) < 4.78 is 9.73. The lowest BCUT2D eigenvalue weighted by Crippen LogP contribution is -2.51. The Labute approximate surface area is 204 Å². The Morgan fingerprint density at radius 3 is 1.94 bits per heavy atom. The molecule has 0 spiro atoms. The molecule has 0 aliphatic carbocycles. The highest BCUT2D eigenvalue weighted by Crippen LogP contribution is 2.07. The molecule has 0 aromatic carbocycles. The van der Waals surface area contributed by atoms with E-state index in [-0.39, 0.29) is 57.6 Å². The van der Waals surface area contributed by atoms with Crippen LogP contribution >= 0.6 is 0 Å². The van der Waals surface area contributed by atoms with Crippen LogP contribution in [0.3, 0.4) is 0 Å². The van der Waals surface area contributed by atoms with Gasteiger partial charge in [0.1, 0.15) is 24.2 Å². The molecule has 3 amide bonds. The number of carbonyl (C=O) groups is 6. The molecule has 6 N–H and O–H groups in total. The van der Waals surface area contributed by atoms with Crippen LogP contribution in [0.15, 0.2) is 0 Å². The van der Waals surface area contributed by atoms with E-state index in [1.165, 1.54) is 6.92 Å². The zero-order chi connectivity index (χ0) is 27.0. The number of nitrogens with two attached hydrogens (primary N) is 1. The number of amides is 3. The van der Waals surface area contributed by atoms with Crippen LogP contribution in [0.1, 0.15) is 66.2 Å². The lowest BCUT2D eigenvalue weighted by Gasteiger charge is -2.21. The molecule has 0 aromatic heterocycles. The molecule has 35 heavy (non-hydrogen) atoms. The molecule has 0 rings (SSSR count). The summed E-state index contributed by atoms with van der Waals surface area (Å²) in [6.45, 7) is 6.53. The van der Waals surface area contributed by atoms with Crippen LogP contribution in [0.25, 0.3) is 0 Å². The molecule has 0 heterocycles. The third-order valence-electron chi connectivity index (χ3n) is 4.87. The van der Waals surface area contributed by atoms with Gasteiger partial charge in [0.15, 0.2) is 0 Å². The molecule has 0 aliphatic heterocycles. The van der Waals surface area contributed by atoms with Gasteiger partial charge >= 0.3 is 17.9 Å². The number of hydrogen-bond donors (Lipinski definition) is 5. The average Bonchev–Trinajstić information content (AvgIpc) is 2.80. The molecule has 4 atom stereocenters. The molecule has 0 aromatic rings. The molecule has 0 radical (unpaired) electrons. The van der Waals surface area contributed by atoms with Crippen LogP contribution in [0.2, 0.25) is 0 Å². The molecule has 0 aliphatic rings. The van der Waals surface area contributed by atoms with E-state index < -0.39 is 53.9 Å². The largest absolute Gasteiger partial charge is 0.480 e. The third-order valence-corrected chi connectivity index (χ3v) is 4.87. The minimum atomic E-state index is -1.27. The van der Waals surface area contributed by atoms with E-state index in [1.54, 1.807) is 20.8 Å². The summed E-state index contributed by atoms with van der Waals surface area (Å²) in [7, 11) is 0. The number of carboxylic acid groups (broad SMARTS) is 1. The summed E-state index contributed by atoms with van der Waals surface area (Å²) in [4.78, 5) is 71.4. The highest BCUT2D eigenvalue weighted by molar-refractivity contribution is 5.91. The summed E-state index contributed by atoms with van der Waals surface area (Å²) in [6.07, 6.45) is 0.221. The topological polar surface area (TPSA) is 203 Å². The monoisotopic (exact) mass is 502 g/mol. The number of ether oxygens (including phenoxy) is 2. The minimum Gasteiger partial charge on any atom is -0.480 e. The van der Waals surface area contributed by atoms with Crippen LogP contribution in [0, 0.1) is 0 Å². The fraction of sp³-hybridized carbons (Fsp3) is 0.727. The van der Waals surface area contributed by atoms with Gasteiger partial charge in [-0.15, -0.1) is 0 Å². The van der Waals surface area contributed by atoms with E-state index in [4.69, 9.17) is 15.2 Å². The van der Waals surface area contributed by atoms with Crippen molar-refractivity contribution in [3.05, 3.63) is 0 Å². The second-order valence-corrected chi connectivity index (χ2v) is 7.74. The Hall–Kier alpha value is -3.22. The Morgan fingerprint density at radius 2 is 1.40 bits per heavy atom. The first kappa shape index (κ1) is 31.8. The van der Waals surface area contributed by atoms with Gasteiger partial charge in [0.05, 0.1) is 13.2 Å². The molecule has 0 saturated heterocycles. The van der Waals surface area contributed by atoms with Gasteiger partial charge in [-0.3, -0.25) is 19.2 Å². The minimum absolute atomic E-state index is 0.0286. The number of aliphatic carboxylic acids is 1. The molecule has 4 unspecified atom stereocenters. The van der Waals surface area contributed by atoms with E-state index >= 15 is 0 Å². The molecule has 13 heteroatoms. The number of nitrogens with one attached hydrogen (secondary N) is 3. The quantitative estimate of drug-likeness (QED) is 0.159. The average molecular weight is 503 g/mol.